The van der Waals surface area contributed by atoms with E-state index in [1.165, 1.54) is 54.9 Å². The van der Waals surface area contributed by atoms with Crippen molar-refractivity contribution in [1.29, 1.82) is 0 Å². The highest BCUT2D eigenvalue weighted by atomic mass is 32.2. The Hall–Kier alpha value is -2.10. The molecule has 1 aliphatic rings. The number of hydrogen-bond acceptors (Lipinski definition) is 5. The molecule has 2 aromatic rings. The summed E-state index contributed by atoms with van der Waals surface area (Å²) in [4.78, 5) is 15.9. The number of rotatable bonds is 10. The summed E-state index contributed by atoms with van der Waals surface area (Å²) in [6.07, 6.45) is 5.13. The summed E-state index contributed by atoms with van der Waals surface area (Å²) >= 11 is 1.50. The van der Waals surface area contributed by atoms with Gasteiger partial charge in [-0.2, -0.15) is 0 Å². The van der Waals surface area contributed by atoms with Gasteiger partial charge >= 0.3 is 0 Å². The number of anilines is 1. The van der Waals surface area contributed by atoms with E-state index in [0.29, 0.717) is 6.54 Å². The van der Waals surface area contributed by atoms with Gasteiger partial charge in [0, 0.05) is 11.4 Å². The van der Waals surface area contributed by atoms with Crippen LogP contribution in [0.5, 0.6) is 0 Å². The first-order chi connectivity index (χ1) is 14.9. The first-order valence-corrected chi connectivity index (χ1v) is 13.0. The van der Waals surface area contributed by atoms with Crippen LogP contribution in [0.3, 0.4) is 0 Å². The van der Waals surface area contributed by atoms with Crippen LogP contribution < -0.4 is 9.62 Å². The Bertz CT molecular complexity index is 978. The van der Waals surface area contributed by atoms with Crippen molar-refractivity contribution >= 4 is 33.4 Å². The Morgan fingerprint density at radius 2 is 1.87 bits per heavy atom. The molecule has 0 saturated carbocycles. The van der Waals surface area contributed by atoms with Crippen LogP contribution in [-0.2, 0) is 14.8 Å². The lowest BCUT2D eigenvalue weighted by molar-refractivity contribution is -0.119. The number of carbonyl (C=O) groups excluding carboxylic acids is 1. The molecule has 2 aromatic carbocycles. The van der Waals surface area contributed by atoms with Gasteiger partial charge < -0.3 is 10.2 Å². The summed E-state index contributed by atoms with van der Waals surface area (Å²) in [6, 6.07) is 11.7. The number of thioether (sulfide) groups is 1. The Morgan fingerprint density at radius 3 is 2.52 bits per heavy atom. The third-order valence-corrected chi connectivity index (χ3v) is 7.73. The molecule has 1 amide bonds. The number of amides is 1. The molecule has 0 spiro atoms. The van der Waals surface area contributed by atoms with E-state index in [9.17, 15) is 17.6 Å². The SMILES string of the molecule is CSc1ccc(S(=O)(=O)N(CC(=O)NCCCN2CCCC2)c2cccc(F)c2)cc1. The number of nitrogens with zero attached hydrogens (tertiary/aromatic N) is 2. The lowest BCUT2D eigenvalue weighted by atomic mass is 10.3. The van der Waals surface area contributed by atoms with Gasteiger partial charge in [-0.1, -0.05) is 6.07 Å². The molecule has 1 fully saturated rings. The maximum Gasteiger partial charge on any atom is 0.264 e. The summed E-state index contributed by atoms with van der Waals surface area (Å²) < 4.78 is 41.4. The monoisotopic (exact) mass is 465 g/mol. The van der Waals surface area contributed by atoms with Gasteiger partial charge in [-0.05, 0) is 87.6 Å². The molecule has 1 aliphatic heterocycles. The van der Waals surface area contributed by atoms with Gasteiger partial charge in [-0.25, -0.2) is 12.8 Å². The second-order valence-corrected chi connectivity index (χ2v) is 10.2. The number of carbonyl (C=O) groups is 1. The molecule has 0 radical (unpaired) electrons. The molecular weight excluding hydrogens is 437 g/mol. The average molecular weight is 466 g/mol. The quantitative estimate of drug-likeness (QED) is 0.431. The fourth-order valence-corrected chi connectivity index (χ4v) is 5.37. The van der Waals surface area contributed by atoms with E-state index in [1.54, 1.807) is 12.1 Å². The molecule has 0 aliphatic carbocycles. The summed E-state index contributed by atoms with van der Waals surface area (Å²) in [5.74, 6) is -0.989. The van der Waals surface area contributed by atoms with Gasteiger partial charge in [-0.3, -0.25) is 9.10 Å². The van der Waals surface area contributed by atoms with Gasteiger partial charge in [0.1, 0.15) is 12.4 Å². The number of halogens is 1. The van der Waals surface area contributed by atoms with Gasteiger partial charge in [0.15, 0.2) is 0 Å². The van der Waals surface area contributed by atoms with Gasteiger partial charge in [-0.15, -0.1) is 11.8 Å². The standard InChI is InChI=1S/C22H28FN3O3S2/c1-30-20-8-10-21(11-9-20)31(28,29)26(19-7-4-6-18(23)16-19)17-22(27)24-12-5-15-25-13-2-3-14-25/h4,6-11,16H,2-3,5,12-15,17H2,1H3,(H,24,27). The zero-order valence-electron chi connectivity index (χ0n) is 17.6. The molecule has 0 aromatic heterocycles. The van der Waals surface area contributed by atoms with Crippen LogP contribution in [0, 0.1) is 5.82 Å². The first kappa shape index (κ1) is 23.6. The van der Waals surface area contributed by atoms with Gasteiger partial charge in [0.05, 0.1) is 10.6 Å². The van der Waals surface area contributed by atoms with Crippen LogP contribution in [0.2, 0.25) is 0 Å². The number of likely N-dealkylation sites (tertiary alicyclic amines) is 1. The lowest BCUT2D eigenvalue weighted by Gasteiger charge is -2.24. The van der Waals surface area contributed by atoms with Crippen LogP contribution in [0.25, 0.3) is 0 Å². The van der Waals surface area contributed by atoms with Crippen molar-refractivity contribution in [2.45, 2.75) is 29.1 Å². The molecule has 1 N–H and O–H groups in total. The third kappa shape index (κ3) is 6.44. The van der Waals surface area contributed by atoms with E-state index in [0.717, 1.165) is 41.3 Å². The number of sulfonamides is 1. The molecule has 3 rings (SSSR count). The highest BCUT2D eigenvalue weighted by Gasteiger charge is 2.27. The molecule has 6 nitrogen and oxygen atoms in total. The fourth-order valence-electron chi connectivity index (χ4n) is 3.54. The third-order valence-electron chi connectivity index (χ3n) is 5.20. The normalized spacial score (nSPS) is 14.5. The molecule has 168 valence electrons. The molecular formula is C22H28FN3O3S2. The van der Waals surface area contributed by atoms with Crippen molar-refractivity contribution < 1.29 is 17.6 Å². The number of benzene rings is 2. The zero-order valence-corrected chi connectivity index (χ0v) is 19.2. The second kappa shape index (κ2) is 11.0. The van der Waals surface area contributed by atoms with Crippen LogP contribution in [0.15, 0.2) is 58.3 Å². The predicted molar refractivity (Wildman–Crippen MR) is 122 cm³/mol. The minimum atomic E-state index is -4.05. The Labute approximate surface area is 187 Å². The lowest BCUT2D eigenvalue weighted by Crippen LogP contribution is -2.41. The summed E-state index contributed by atoms with van der Waals surface area (Å²) in [7, 11) is -4.05. The average Bonchev–Trinajstić information content (AvgIpc) is 3.28. The summed E-state index contributed by atoms with van der Waals surface area (Å²) in [6.45, 7) is 3.15. The van der Waals surface area contributed by atoms with Crippen LogP contribution in [-0.4, -0.2) is 58.2 Å². The fraction of sp³-hybridized carbons (Fsp3) is 0.409. The van der Waals surface area contributed by atoms with E-state index < -0.39 is 28.3 Å². The maximum atomic E-state index is 13.8. The Morgan fingerprint density at radius 1 is 1.16 bits per heavy atom. The van der Waals surface area contributed by atoms with E-state index in [-0.39, 0.29) is 10.6 Å². The van der Waals surface area contributed by atoms with Gasteiger partial charge in [0.2, 0.25) is 5.91 Å². The van der Waals surface area contributed by atoms with Crippen molar-refractivity contribution in [3.63, 3.8) is 0 Å². The Balaban J connectivity index is 1.72. The molecule has 0 atom stereocenters. The van der Waals surface area contributed by atoms with Crippen molar-refractivity contribution in [1.82, 2.24) is 10.2 Å². The Kier molecular flexibility index (Phi) is 8.34. The topological polar surface area (TPSA) is 69.7 Å². The molecule has 0 bridgehead atoms. The van der Waals surface area contributed by atoms with Crippen LogP contribution in [0.4, 0.5) is 10.1 Å². The summed E-state index contributed by atoms with van der Waals surface area (Å²) in [5, 5.41) is 2.79. The van der Waals surface area contributed by atoms with E-state index in [2.05, 4.69) is 10.2 Å². The largest absolute Gasteiger partial charge is 0.354 e. The van der Waals surface area contributed by atoms with Crippen molar-refractivity contribution in [2.75, 3.05) is 43.3 Å². The smallest absolute Gasteiger partial charge is 0.264 e. The highest BCUT2D eigenvalue weighted by molar-refractivity contribution is 7.98. The number of hydrogen-bond donors (Lipinski definition) is 1. The van der Waals surface area contributed by atoms with Crippen LogP contribution in [0.1, 0.15) is 19.3 Å². The van der Waals surface area contributed by atoms with E-state index >= 15 is 0 Å². The van der Waals surface area contributed by atoms with Crippen molar-refractivity contribution in [3.8, 4) is 0 Å². The maximum absolute atomic E-state index is 13.8. The molecule has 9 heteroatoms. The molecule has 0 unspecified atom stereocenters. The minimum absolute atomic E-state index is 0.0522. The second-order valence-electron chi connectivity index (χ2n) is 7.42. The predicted octanol–water partition coefficient (Wildman–Crippen LogP) is 3.35. The van der Waals surface area contributed by atoms with E-state index in [1.807, 2.05) is 6.26 Å². The van der Waals surface area contributed by atoms with Gasteiger partial charge in [0.25, 0.3) is 10.0 Å². The molecule has 1 saturated heterocycles. The number of nitrogens with one attached hydrogen (secondary N) is 1. The first-order valence-electron chi connectivity index (χ1n) is 10.3. The minimum Gasteiger partial charge on any atom is -0.354 e. The summed E-state index contributed by atoms with van der Waals surface area (Å²) in [5.41, 5.74) is 0.112. The van der Waals surface area contributed by atoms with Crippen molar-refractivity contribution in [3.05, 3.63) is 54.3 Å². The molecule has 1 heterocycles. The van der Waals surface area contributed by atoms with E-state index in [4.69, 9.17) is 0 Å². The highest BCUT2D eigenvalue weighted by Crippen LogP contribution is 2.26. The van der Waals surface area contributed by atoms with Crippen LogP contribution >= 0.6 is 11.8 Å². The van der Waals surface area contributed by atoms with Crippen molar-refractivity contribution in [2.24, 2.45) is 0 Å². The zero-order chi connectivity index (χ0) is 22.3. The molecule has 31 heavy (non-hydrogen) atoms.